The Balaban J connectivity index is 2.14. The van der Waals surface area contributed by atoms with Gasteiger partial charge in [-0.1, -0.05) is 23.2 Å². The highest BCUT2D eigenvalue weighted by atomic mass is 35.5. The van der Waals surface area contributed by atoms with Crippen LogP contribution in [0.1, 0.15) is 10.4 Å². The van der Waals surface area contributed by atoms with E-state index in [1.807, 2.05) is 10.3 Å². The van der Waals surface area contributed by atoms with Crippen LogP contribution < -0.4 is 10.3 Å². The summed E-state index contributed by atoms with van der Waals surface area (Å²) in [5.74, 6) is -0.704. The predicted octanol–water partition coefficient (Wildman–Crippen LogP) is 2.32. The Morgan fingerprint density at radius 3 is 2.32 bits per heavy atom. The fraction of sp³-hybridized carbons (Fsp3) is 0. The number of phenols is 1. The zero-order valence-electron chi connectivity index (χ0n) is 10.9. The van der Waals surface area contributed by atoms with Crippen molar-refractivity contribution in [3.63, 3.8) is 0 Å². The minimum Gasteiger partial charge on any atom is -0.508 e. The molecule has 0 fully saturated rings. The zero-order chi connectivity index (χ0) is 16.3. The van der Waals surface area contributed by atoms with Gasteiger partial charge in [0.2, 0.25) is 0 Å². The maximum atomic E-state index is 12.1. The Morgan fingerprint density at radius 2 is 1.68 bits per heavy atom. The first-order valence-electron chi connectivity index (χ1n) is 5.86. The summed E-state index contributed by atoms with van der Waals surface area (Å²) in [7, 11) is -4.07. The molecule has 0 aliphatic rings. The van der Waals surface area contributed by atoms with E-state index in [0.717, 1.165) is 0 Å². The second-order valence-electron chi connectivity index (χ2n) is 4.18. The largest absolute Gasteiger partial charge is 0.508 e. The van der Waals surface area contributed by atoms with Gasteiger partial charge >= 0.3 is 0 Å². The molecule has 0 aliphatic carbocycles. The van der Waals surface area contributed by atoms with Crippen LogP contribution in [-0.2, 0) is 10.0 Å². The smallest absolute Gasteiger partial charge is 0.266 e. The molecule has 0 heterocycles. The highest BCUT2D eigenvalue weighted by Crippen LogP contribution is 2.24. The number of sulfonamides is 1. The molecule has 116 valence electrons. The van der Waals surface area contributed by atoms with Crippen LogP contribution in [0.15, 0.2) is 47.4 Å². The summed E-state index contributed by atoms with van der Waals surface area (Å²) >= 11 is 11.5. The second kappa shape index (κ2) is 6.53. The van der Waals surface area contributed by atoms with Crippen LogP contribution in [0.3, 0.4) is 0 Å². The molecule has 0 aromatic heterocycles. The molecular formula is C13H10Cl2N2O4S. The first-order valence-corrected chi connectivity index (χ1v) is 8.10. The molecule has 9 heteroatoms. The van der Waals surface area contributed by atoms with E-state index in [4.69, 9.17) is 28.3 Å². The van der Waals surface area contributed by atoms with Crippen LogP contribution in [0.4, 0.5) is 0 Å². The van der Waals surface area contributed by atoms with Gasteiger partial charge in [0.15, 0.2) is 0 Å². The van der Waals surface area contributed by atoms with Crippen LogP contribution in [0.2, 0.25) is 10.0 Å². The first kappa shape index (κ1) is 16.6. The van der Waals surface area contributed by atoms with Crippen LogP contribution in [0, 0.1) is 0 Å². The van der Waals surface area contributed by atoms with E-state index in [9.17, 15) is 13.2 Å². The zero-order valence-corrected chi connectivity index (χ0v) is 13.2. The fourth-order valence-electron chi connectivity index (χ4n) is 1.54. The molecule has 22 heavy (non-hydrogen) atoms. The Labute approximate surface area is 136 Å². The number of hydrazine groups is 1. The molecule has 0 bridgehead atoms. The van der Waals surface area contributed by atoms with Crippen LogP contribution in [0.5, 0.6) is 5.75 Å². The van der Waals surface area contributed by atoms with E-state index in [2.05, 4.69) is 0 Å². The monoisotopic (exact) mass is 360 g/mol. The quantitative estimate of drug-likeness (QED) is 0.729. The summed E-state index contributed by atoms with van der Waals surface area (Å²) in [6, 6.07) is 9.22. The number of rotatable bonds is 4. The molecule has 1 amide bonds. The van der Waals surface area contributed by atoms with Gasteiger partial charge in [0.05, 0.1) is 5.02 Å². The maximum absolute atomic E-state index is 12.1. The van der Waals surface area contributed by atoms with E-state index in [-0.39, 0.29) is 26.3 Å². The highest BCUT2D eigenvalue weighted by Gasteiger charge is 2.19. The Morgan fingerprint density at radius 1 is 1.05 bits per heavy atom. The van der Waals surface area contributed by atoms with E-state index in [0.29, 0.717) is 0 Å². The Kier molecular flexibility index (Phi) is 4.92. The van der Waals surface area contributed by atoms with Crippen LogP contribution >= 0.6 is 23.2 Å². The Hall–Kier alpha value is -1.80. The van der Waals surface area contributed by atoms with Gasteiger partial charge in [0.25, 0.3) is 15.9 Å². The molecule has 0 unspecified atom stereocenters. The minimum absolute atomic E-state index is 0.0113. The van der Waals surface area contributed by atoms with Crippen molar-refractivity contribution in [3.05, 3.63) is 58.1 Å². The summed E-state index contributed by atoms with van der Waals surface area (Å²) in [6.07, 6.45) is 0. The summed E-state index contributed by atoms with van der Waals surface area (Å²) < 4.78 is 24.2. The minimum atomic E-state index is -4.07. The molecule has 2 rings (SSSR count). The van der Waals surface area contributed by atoms with Crippen LogP contribution in [0.25, 0.3) is 0 Å². The lowest BCUT2D eigenvalue weighted by Crippen LogP contribution is -2.41. The number of phenolic OH excluding ortho intramolecular Hbond substituents is 1. The molecule has 0 atom stereocenters. The van der Waals surface area contributed by atoms with Crippen molar-refractivity contribution < 1.29 is 18.3 Å². The second-order valence-corrected chi connectivity index (χ2v) is 6.68. The van der Waals surface area contributed by atoms with E-state index < -0.39 is 15.9 Å². The number of carbonyl (C=O) groups excluding carboxylic acids is 1. The SMILES string of the molecule is O=C(NNS(=O)(=O)c1cc(Cl)ccc1Cl)c1ccc(O)cc1. The van der Waals surface area contributed by atoms with E-state index >= 15 is 0 Å². The molecule has 2 aromatic carbocycles. The molecule has 0 aliphatic heterocycles. The summed E-state index contributed by atoms with van der Waals surface area (Å²) in [5, 5.41) is 9.29. The molecule has 3 N–H and O–H groups in total. The van der Waals surface area contributed by atoms with Crippen molar-refractivity contribution in [2.75, 3.05) is 0 Å². The van der Waals surface area contributed by atoms with Crippen molar-refractivity contribution in [1.29, 1.82) is 0 Å². The molecule has 0 saturated carbocycles. The number of amides is 1. The van der Waals surface area contributed by atoms with Crippen molar-refractivity contribution in [2.24, 2.45) is 0 Å². The molecule has 0 spiro atoms. The van der Waals surface area contributed by atoms with Gasteiger partial charge in [-0.15, -0.1) is 4.83 Å². The molecule has 0 radical (unpaired) electrons. The van der Waals surface area contributed by atoms with Crippen LogP contribution in [-0.4, -0.2) is 19.4 Å². The average molecular weight is 361 g/mol. The van der Waals surface area contributed by atoms with Gasteiger partial charge in [-0.25, -0.2) is 8.42 Å². The van der Waals surface area contributed by atoms with Gasteiger partial charge in [-0.05, 0) is 42.5 Å². The number of carbonyl (C=O) groups is 1. The lowest BCUT2D eigenvalue weighted by molar-refractivity contribution is 0.0945. The standard InChI is InChI=1S/C13H10Cl2N2O4S/c14-9-3-6-11(15)12(7-9)22(20,21)17-16-13(19)8-1-4-10(18)5-2-8/h1-7,17-18H,(H,16,19). The maximum Gasteiger partial charge on any atom is 0.266 e. The topological polar surface area (TPSA) is 95.5 Å². The Bertz CT molecular complexity index is 807. The summed E-state index contributed by atoms with van der Waals surface area (Å²) in [6.45, 7) is 0. The molecule has 6 nitrogen and oxygen atoms in total. The molecule has 2 aromatic rings. The van der Waals surface area contributed by atoms with E-state index in [1.54, 1.807) is 0 Å². The first-order chi connectivity index (χ1) is 10.3. The number of halogens is 2. The van der Waals surface area contributed by atoms with Crippen molar-refractivity contribution in [3.8, 4) is 5.75 Å². The fourth-order valence-corrected chi connectivity index (χ4v) is 3.14. The van der Waals surface area contributed by atoms with Gasteiger partial charge < -0.3 is 5.11 Å². The number of nitrogens with one attached hydrogen (secondary N) is 2. The van der Waals surface area contributed by atoms with Crippen molar-refractivity contribution in [1.82, 2.24) is 10.3 Å². The predicted molar refractivity (Wildman–Crippen MR) is 82.4 cm³/mol. The number of hydrogen-bond acceptors (Lipinski definition) is 4. The van der Waals surface area contributed by atoms with Gasteiger partial charge in [0, 0.05) is 10.6 Å². The molecule has 0 saturated heterocycles. The summed E-state index contributed by atoms with van der Waals surface area (Å²) in [5.41, 5.74) is 2.21. The van der Waals surface area contributed by atoms with Gasteiger partial charge in [-0.2, -0.15) is 0 Å². The number of benzene rings is 2. The number of hydrogen-bond donors (Lipinski definition) is 3. The third kappa shape index (κ3) is 3.89. The molecular weight excluding hydrogens is 351 g/mol. The normalized spacial score (nSPS) is 11.2. The average Bonchev–Trinajstić information content (AvgIpc) is 2.48. The van der Waals surface area contributed by atoms with Gasteiger partial charge in [0.1, 0.15) is 10.6 Å². The van der Waals surface area contributed by atoms with E-state index in [1.165, 1.54) is 42.5 Å². The lowest BCUT2D eigenvalue weighted by atomic mass is 10.2. The van der Waals surface area contributed by atoms with Crippen molar-refractivity contribution >= 4 is 39.1 Å². The van der Waals surface area contributed by atoms with Crippen molar-refractivity contribution in [2.45, 2.75) is 4.90 Å². The highest BCUT2D eigenvalue weighted by molar-refractivity contribution is 7.89. The van der Waals surface area contributed by atoms with Gasteiger partial charge in [-0.3, -0.25) is 10.2 Å². The lowest BCUT2D eigenvalue weighted by Gasteiger charge is -2.10. The number of aromatic hydroxyl groups is 1. The third-order valence-electron chi connectivity index (χ3n) is 2.61. The third-order valence-corrected chi connectivity index (χ3v) is 4.58. The summed E-state index contributed by atoms with van der Waals surface area (Å²) in [4.78, 5) is 13.5.